The molecule has 5 nitrogen and oxygen atoms in total. The Balaban J connectivity index is 2.21. The summed E-state index contributed by atoms with van der Waals surface area (Å²) < 4.78 is 65.7. The van der Waals surface area contributed by atoms with Gasteiger partial charge in [-0.25, -0.2) is 8.42 Å². The van der Waals surface area contributed by atoms with Crippen LogP contribution >= 0.6 is 0 Å². The summed E-state index contributed by atoms with van der Waals surface area (Å²) in [5.41, 5.74) is 0. The zero-order valence-corrected chi connectivity index (χ0v) is 11.7. The van der Waals surface area contributed by atoms with Gasteiger partial charge in [0.2, 0.25) is 10.0 Å². The molecule has 1 atom stereocenters. The SMILES string of the molecule is O=S(=O)(c1ccc(OC(F)(F)F)cc1)N1CCC[C@@H]1CO. The third-order valence-electron chi connectivity index (χ3n) is 3.20. The molecule has 0 amide bonds. The van der Waals surface area contributed by atoms with Gasteiger partial charge in [0.05, 0.1) is 11.5 Å². The third-order valence-corrected chi connectivity index (χ3v) is 5.16. The van der Waals surface area contributed by atoms with E-state index in [0.717, 1.165) is 24.3 Å². The van der Waals surface area contributed by atoms with Crippen LogP contribution in [0, 0.1) is 0 Å². The Morgan fingerprint density at radius 2 is 1.90 bits per heavy atom. The smallest absolute Gasteiger partial charge is 0.406 e. The van der Waals surface area contributed by atoms with E-state index in [-0.39, 0.29) is 18.0 Å². The third kappa shape index (κ3) is 3.66. The lowest BCUT2D eigenvalue weighted by Gasteiger charge is -2.22. The van der Waals surface area contributed by atoms with Crippen molar-refractivity contribution in [2.45, 2.75) is 30.1 Å². The van der Waals surface area contributed by atoms with Gasteiger partial charge in [0.1, 0.15) is 5.75 Å². The van der Waals surface area contributed by atoms with Crippen molar-refractivity contribution in [1.82, 2.24) is 4.31 Å². The first kappa shape index (κ1) is 16.1. The normalized spacial score (nSPS) is 20.7. The predicted molar refractivity (Wildman–Crippen MR) is 67.1 cm³/mol. The molecule has 2 rings (SSSR count). The number of rotatable bonds is 4. The zero-order chi connectivity index (χ0) is 15.7. The van der Waals surface area contributed by atoms with Gasteiger partial charge in [-0.15, -0.1) is 13.2 Å². The van der Waals surface area contributed by atoms with E-state index in [1.165, 1.54) is 4.31 Å². The second kappa shape index (κ2) is 5.82. The molecule has 1 aromatic rings. The molecule has 1 aliphatic rings. The molecule has 9 heteroatoms. The van der Waals surface area contributed by atoms with Crippen molar-refractivity contribution in [1.29, 1.82) is 0 Å². The van der Waals surface area contributed by atoms with Crippen molar-refractivity contribution < 1.29 is 31.4 Å². The van der Waals surface area contributed by atoms with E-state index in [9.17, 15) is 21.6 Å². The average molecular weight is 325 g/mol. The summed E-state index contributed by atoms with van der Waals surface area (Å²) in [6.45, 7) is 0.00284. The number of benzene rings is 1. The molecular formula is C12H14F3NO4S. The second-order valence-electron chi connectivity index (χ2n) is 4.61. The summed E-state index contributed by atoms with van der Waals surface area (Å²) in [5.74, 6) is -0.485. The van der Waals surface area contributed by atoms with Crippen LogP contribution in [0.25, 0.3) is 0 Å². The van der Waals surface area contributed by atoms with Crippen LogP contribution in [0.4, 0.5) is 13.2 Å². The van der Waals surface area contributed by atoms with Gasteiger partial charge < -0.3 is 9.84 Å². The van der Waals surface area contributed by atoms with Crippen molar-refractivity contribution in [2.24, 2.45) is 0 Å². The number of hydrogen-bond acceptors (Lipinski definition) is 4. The van der Waals surface area contributed by atoms with E-state index in [1.54, 1.807) is 0 Å². The van der Waals surface area contributed by atoms with Crippen LogP contribution in [0.2, 0.25) is 0 Å². The van der Waals surface area contributed by atoms with Crippen molar-refractivity contribution >= 4 is 10.0 Å². The van der Waals surface area contributed by atoms with Gasteiger partial charge in [-0.1, -0.05) is 0 Å². The Kier molecular flexibility index (Phi) is 4.45. The highest BCUT2D eigenvalue weighted by Crippen LogP contribution is 2.28. The van der Waals surface area contributed by atoms with Crippen LogP contribution in [0.3, 0.4) is 0 Å². The van der Waals surface area contributed by atoms with E-state index < -0.39 is 28.2 Å². The Labute approximate surface area is 120 Å². The molecular weight excluding hydrogens is 311 g/mol. The molecule has 0 bridgehead atoms. The summed E-state index contributed by atoms with van der Waals surface area (Å²) in [5, 5.41) is 9.17. The maximum Gasteiger partial charge on any atom is 0.573 e. The first-order valence-electron chi connectivity index (χ1n) is 6.22. The second-order valence-corrected chi connectivity index (χ2v) is 6.50. The monoisotopic (exact) mass is 325 g/mol. The summed E-state index contributed by atoms with van der Waals surface area (Å²) in [4.78, 5) is -0.127. The van der Waals surface area contributed by atoms with Crippen molar-refractivity contribution in [3.63, 3.8) is 0 Å². The van der Waals surface area contributed by atoms with Crippen molar-refractivity contribution in [3.05, 3.63) is 24.3 Å². The van der Waals surface area contributed by atoms with Crippen LogP contribution in [-0.2, 0) is 10.0 Å². The van der Waals surface area contributed by atoms with E-state index in [0.29, 0.717) is 12.8 Å². The molecule has 1 saturated heterocycles. The molecule has 1 N–H and O–H groups in total. The number of halogens is 3. The van der Waals surface area contributed by atoms with Crippen LogP contribution in [0.15, 0.2) is 29.2 Å². The summed E-state index contributed by atoms with van der Waals surface area (Å²) in [7, 11) is -3.82. The summed E-state index contributed by atoms with van der Waals surface area (Å²) in [6.07, 6.45) is -3.62. The van der Waals surface area contributed by atoms with Gasteiger partial charge in [-0.05, 0) is 37.1 Å². The van der Waals surface area contributed by atoms with E-state index >= 15 is 0 Å². The van der Waals surface area contributed by atoms with Crippen LogP contribution in [-0.4, -0.2) is 43.4 Å². The summed E-state index contributed by atoms with van der Waals surface area (Å²) >= 11 is 0. The van der Waals surface area contributed by atoms with Gasteiger partial charge in [0, 0.05) is 12.6 Å². The number of hydrogen-bond donors (Lipinski definition) is 1. The Bertz CT molecular complexity index is 586. The van der Waals surface area contributed by atoms with Crippen LogP contribution in [0.5, 0.6) is 5.75 Å². The molecule has 0 unspecified atom stereocenters. The van der Waals surface area contributed by atoms with Gasteiger partial charge in [-0.3, -0.25) is 0 Å². The molecule has 0 aromatic heterocycles. The number of alkyl halides is 3. The van der Waals surface area contributed by atoms with Gasteiger partial charge in [0.15, 0.2) is 0 Å². The predicted octanol–water partition coefficient (Wildman–Crippen LogP) is 1.73. The topological polar surface area (TPSA) is 66.8 Å². The number of aliphatic hydroxyl groups excluding tert-OH is 1. The first-order chi connectivity index (χ1) is 9.74. The molecule has 0 radical (unpaired) electrons. The fourth-order valence-corrected chi connectivity index (χ4v) is 3.94. The van der Waals surface area contributed by atoms with Gasteiger partial charge >= 0.3 is 6.36 Å². The molecule has 1 heterocycles. The molecule has 0 spiro atoms. The highest BCUT2D eigenvalue weighted by molar-refractivity contribution is 7.89. The van der Waals surface area contributed by atoms with E-state index in [1.807, 2.05) is 0 Å². The Morgan fingerprint density at radius 3 is 2.43 bits per heavy atom. The van der Waals surface area contributed by atoms with Gasteiger partial charge in [-0.2, -0.15) is 4.31 Å². The zero-order valence-electron chi connectivity index (χ0n) is 10.9. The largest absolute Gasteiger partial charge is 0.573 e. The molecule has 1 aliphatic heterocycles. The standard InChI is InChI=1S/C12H14F3NO4S/c13-12(14,15)20-10-3-5-11(6-4-10)21(18,19)16-7-1-2-9(16)8-17/h3-6,9,17H,1-2,7-8H2/t9-/m1/s1. The number of ether oxygens (including phenoxy) is 1. The van der Waals surface area contributed by atoms with Crippen molar-refractivity contribution in [3.8, 4) is 5.75 Å². The molecule has 1 fully saturated rings. The van der Waals surface area contributed by atoms with Crippen LogP contribution < -0.4 is 4.74 Å². The molecule has 1 aromatic carbocycles. The maximum atomic E-state index is 12.4. The molecule has 0 saturated carbocycles. The van der Waals surface area contributed by atoms with E-state index in [4.69, 9.17) is 5.11 Å². The Hall–Kier alpha value is -1.32. The fraction of sp³-hybridized carbons (Fsp3) is 0.500. The maximum absolute atomic E-state index is 12.4. The lowest BCUT2D eigenvalue weighted by molar-refractivity contribution is -0.274. The minimum Gasteiger partial charge on any atom is -0.406 e. The quantitative estimate of drug-likeness (QED) is 0.915. The number of aliphatic hydroxyl groups is 1. The highest BCUT2D eigenvalue weighted by Gasteiger charge is 2.35. The fourth-order valence-electron chi connectivity index (χ4n) is 2.26. The minimum absolute atomic E-state index is 0.127. The van der Waals surface area contributed by atoms with Crippen molar-refractivity contribution in [2.75, 3.05) is 13.2 Å². The average Bonchev–Trinajstić information content (AvgIpc) is 2.86. The highest BCUT2D eigenvalue weighted by atomic mass is 32.2. The molecule has 21 heavy (non-hydrogen) atoms. The van der Waals surface area contributed by atoms with Gasteiger partial charge in [0.25, 0.3) is 0 Å². The lowest BCUT2D eigenvalue weighted by Crippen LogP contribution is -2.37. The molecule has 118 valence electrons. The summed E-state index contributed by atoms with van der Waals surface area (Å²) in [6, 6.07) is 3.53. The van der Waals surface area contributed by atoms with E-state index in [2.05, 4.69) is 4.74 Å². The minimum atomic E-state index is -4.82. The number of sulfonamides is 1. The Morgan fingerprint density at radius 1 is 1.29 bits per heavy atom. The lowest BCUT2D eigenvalue weighted by atomic mass is 10.2. The van der Waals surface area contributed by atoms with Crippen LogP contribution in [0.1, 0.15) is 12.8 Å². The first-order valence-corrected chi connectivity index (χ1v) is 7.66. The number of nitrogens with zero attached hydrogens (tertiary/aromatic N) is 1. The molecule has 0 aliphatic carbocycles.